The molecule has 4 aliphatic rings. The van der Waals surface area contributed by atoms with E-state index in [1.54, 1.807) is 42.7 Å². The van der Waals surface area contributed by atoms with Crippen molar-refractivity contribution in [2.45, 2.75) is 104 Å². The fraction of sp³-hybridized carbons (Fsp3) is 0.468. The first kappa shape index (κ1) is 43.8. The third kappa shape index (κ3) is 9.61. The van der Waals surface area contributed by atoms with E-state index >= 15 is 0 Å². The molecule has 61 heavy (non-hydrogen) atoms. The van der Waals surface area contributed by atoms with Crippen LogP contribution in [-0.2, 0) is 4.79 Å². The van der Waals surface area contributed by atoms with Gasteiger partial charge in [0, 0.05) is 60.0 Å². The van der Waals surface area contributed by atoms with Crippen molar-refractivity contribution in [1.82, 2.24) is 25.0 Å². The van der Waals surface area contributed by atoms with Gasteiger partial charge in [0.05, 0.1) is 34.9 Å². The Morgan fingerprint density at radius 3 is 2.43 bits per heavy atom. The second kappa shape index (κ2) is 19.2. The molecule has 14 heteroatoms. The van der Waals surface area contributed by atoms with Crippen molar-refractivity contribution in [2.75, 3.05) is 38.2 Å². The molecule has 1 unspecified atom stereocenters. The van der Waals surface area contributed by atoms with Crippen LogP contribution in [0.2, 0.25) is 5.02 Å². The molecule has 322 valence electrons. The van der Waals surface area contributed by atoms with Crippen LogP contribution in [0.25, 0.3) is 5.00 Å². The molecular formula is C47H59ClN10O2S. The summed E-state index contributed by atoms with van der Waals surface area (Å²) in [4.78, 5) is 24.1. The van der Waals surface area contributed by atoms with Crippen molar-refractivity contribution in [3.05, 3.63) is 110 Å². The third-order valence-corrected chi connectivity index (χ3v) is 14.4. The lowest BCUT2D eigenvalue weighted by atomic mass is 9.72. The molecule has 1 spiro atoms. The molecular weight excluding hydrogens is 804 g/mol. The average Bonchev–Trinajstić information content (AvgIpc) is 3.75. The van der Waals surface area contributed by atoms with Crippen LogP contribution >= 0.6 is 22.9 Å². The highest BCUT2D eigenvalue weighted by molar-refractivity contribution is 7.15. The number of anilines is 1. The first-order chi connectivity index (χ1) is 29.4. The number of amides is 1. The summed E-state index contributed by atoms with van der Waals surface area (Å²) in [6.45, 7) is 12.5. The van der Waals surface area contributed by atoms with Gasteiger partial charge < -0.3 is 31.3 Å². The quantitative estimate of drug-likeness (QED) is 0.116. The van der Waals surface area contributed by atoms with E-state index in [1.165, 1.54) is 52.4 Å². The Hall–Kier alpha value is -5.32. The number of likely N-dealkylation sites (tertiary alicyclic amines) is 1. The van der Waals surface area contributed by atoms with Crippen molar-refractivity contribution >= 4 is 40.2 Å². The van der Waals surface area contributed by atoms with Gasteiger partial charge in [-0.15, -0.1) is 21.5 Å². The highest BCUT2D eigenvalue weighted by atomic mass is 35.5. The molecule has 2 aromatic carbocycles. The predicted octanol–water partition coefficient (Wildman–Crippen LogP) is 8.55. The molecule has 5 N–H and O–H groups in total. The van der Waals surface area contributed by atoms with E-state index in [9.17, 15) is 4.79 Å². The molecule has 0 radical (unpaired) electrons. The van der Waals surface area contributed by atoms with Crippen LogP contribution in [0.1, 0.15) is 116 Å². The minimum Gasteiger partial charge on any atom is -0.497 e. The number of hydrogen-bond donors (Lipinski definition) is 3. The Morgan fingerprint density at radius 1 is 1.02 bits per heavy atom. The third-order valence-electron chi connectivity index (χ3n) is 12.9. The van der Waals surface area contributed by atoms with Gasteiger partial charge in [0.2, 0.25) is 0 Å². The van der Waals surface area contributed by atoms with Crippen LogP contribution in [0.4, 0.5) is 5.69 Å². The Bertz CT molecular complexity index is 2340. The van der Waals surface area contributed by atoms with Gasteiger partial charge in [-0.3, -0.25) is 14.4 Å². The zero-order valence-corrected chi connectivity index (χ0v) is 37.7. The van der Waals surface area contributed by atoms with Crippen LogP contribution < -0.4 is 26.4 Å². The zero-order valence-electron chi connectivity index (χ0n) is 36.1. The summed E-state index contributed by atoms with van der Waals surface area (Å²) < 4.78 is 7.12. The molecule has 5 heterocycles. The average molecular weight is 864 g/mol. The number of nitrogens with one attached hydrogen (secondary N) is 1. The lowest BCUT2D eigenvalue weighted by Gasteiger charge is -2.48. The van der Waals surface area contributed by atoms with Crippen LogP contribution in [0.15, 0.2) is 71.1 Å². The molecule has 3 fully saturated rings. The molecule has 1 aliphatic carbocycles. The molecule has 2 saturated heterocycles. The fourth-order valence-corrected chi connectivity index (χ4v) is 10.6. The summed E-state index contributed by atoms with van der Waals surface area (Å²) >= 11 is 7.51. The number of nitrogens with two attached hydrogens (primary N) is 2. The van der Waals surface area contributed by atoms with Crippen LogP contribution in [-0.4, -0.2) is 70.6 Å². The summed E-state index contributed by atoms with van der Waals surface area (Å²) in [5, 5.41) is 22.2. The standard InChI is InChI=1S/C39H53N9OS.C8H6ClNO/c1-5-32-36-45-44-27(4)48(36)38-34(25(2)26(3)50-38)35(43-32)28-12-14-30(15-13-28)46-22-19-39(20-23-46)18-9-21-47(24-39)33(41)17-16-31(40)37(49)42-29-10-7-6-8-11-29;1-11-7-3-2-6(5-10)8(9)4-7/h12-17,29,32H,5-11,18-24,40-41H2,1-4H3,(H,42,49);2-4H,1H3/b31-16-,33-17+;. The Morgan fingerprint density at radius 2 is 1.75 bits per heavy atom. The van der Waals surface area contributed by atoms with Gasteiger partial charge in [0.25, 0.3) is 5.91 Å². The number of ether oxygens (including phenoxy) is 1. The first-order valence-corrected chi connectivity index (χ1v) is 22.8. The highest BCUT2D eigenvalue weighted by Crippen LogP contribution is 2.42. The van der Waals surface area contributed by atoms with Gasteiger partial charge in [-0.05, 0) is 113 Å². The monoisotopic (exact) mass is 862 g/mol. The molecule has 1 saturated carbocycles. The number of aliphatic imine (C=N–C) groups is 1. The van der Waals surface area contributed by atoms with Gasteiger partial charge in [0.1, 0.15) is 28.7 Å². The van der Waals surface area contributed by atoms with Crippen molar-refractivity contribution in [1.29, 1.82) is 5.26 Å². The number of hydrogen-bond acceptors (Lipinski definition) is 11. The number of aryl methyl sites for hydroxylation is 2. The van der Waals surface area contributed by atoms with Gasteiger partial charge in [-0.2, -0.15) is 5.26 Å². The number of benzene rings is 2. The number of carbonyl (C=O) groups excluding carboxylic acids is 1. The number of allylic oxidation sites excluding steroid dienone is 2. The van der Waals surface area contributed by atoms with E-state index in [0.29, 0.717) is 22.2 Å². The minimum absolute atomic E-state index is 0.0403. The van der Waals surface area contributed by atoms with E-state index in [-0.39, 0.29) is 29.1 Å². The molecule has 3 aliphatic heterocycles. The molecule has 12 nitrogen and oxygen atoms in total. The molecule has 4 aromatic rings. The maximum Gasteiger partial charge on any atom is 0.267 e. The minimum atomic E-state index is -0.189. The lowest BCUT2D eigenvalue weighted by molar-refractivity contribution is -0.118. The van der Waals surface area contributed by atoms with E-state index in [0.717, 1.165) is 87.6 Å². The fourth-order valence-electron chi connectivity index (χ4n) is 9.15. The zero-order chi connectivity index (χ0) is 43.3. The normalized spacial score (nSPS) is 19.2. The number of nitrogens with zero attached hydrogens (tertiary/aromatic N) is 7. The summed E-state index contributed by atoms with van der Waals surface area (Å²) in [7, 11) is 1.55. The van der Waals surface area contributed by atoms with Crippen molar-refractivity contribution in [3.63, 3.8) is 0 Å². The number of piperidine rings is 2. The van der Waals surface area contributed by atoms with Gasteiger partial charge >= 0.3 is 0 Å². The van der Waals surface area contributed by atoms with Gasteiger partial charge in [0.15, 0.2) is 5.82 Å². The smallest absolute Gasteiger partial charge is 0.267 e. The van der Waals surface area contributed by atoms with Crippen molar-refractivity contribution in [3.8, 4) is 16.8 Å². The SMILES string of the molecule is CCC1N=C(c2ccc(N3CCC4(CCCN(/C(N)=C/C=C(\N)C(=O)NC5CCCCC5)C4)CC3)cc2)c2c(sc(C)c2C)-n2c(C)nnc21.COc1ccc(C#N)c(Cl)c1. The molecule has 1 amide bonds. The topological polar surface area (TPSA) is 164 Å². The number of carbonyl (C=O) groups is 1. The predicted molar refractivity (Wildman–Crippen MR) is 246 cm³/mol. The van der Waals surface area contributed by atoms with Crippen LogP contribution in [0.3, 0.4) is 0 Å². The first-order valence-electron chi connectivity index (χ1n) is 21.6. The lowest BCUT2D eigenvalue weighted by Crippen LogP contribution is -2.50. The summed E-state index contributed by atoms with van der Waals surface area (Å²) in [5.41, 5.74) is 19.6. The van der Waals surface area contributed by atoms with Crippen molar-refractivity contribution < 1.29 is 9.53 Å². The number of aromatic nitrogens is 3. The summed E-state index contributed by atoms with van der Waals surface area (Å²) in [6, 6.07) is 16.1. The number of halogens is 1. The molecule has 0 bridgehead atoms. The Balaban J connectivity index is 0.000000445. The molecule has 2 aromatic heterocycles. The molecule has 8 rings (SSSR count). The van der Waals surface area contributed by atoms with E-state index in [4.69, 9.17) is 38.1 Å². The van der Waals surface area contributed by atoms with E-state index < -0.39 is 0 Å². The highest BCUT2D eigenvalue weighted by Gasteiger charge is 2.39. The number of methoxy groups -OCH3 is 1. The second-order valence-corrected chi connectivity index (χ2v) is 18.5. The Labute approximate surface area is 369 Å². The van der Waals surface area contributed by atoms with Gasteiger partial charge in [-0.25, -0.2) is 0 Å². The molecule has 1 atom stereocenters. The second-order valence-electron chi connectivity index (χ2n) is 16.8. The van der Waals surface area contributed by atoms with E-state index in [1.807, 2.05) is 19.1 Å². The number of nitriles is 1. The maximum absolute atomic E-state index is 12.6. The summed E-state index contributed by atoms with van der Waals surface area (Å²) in [6.07, 6.45) is 14.6. The summed E-state index contributed by atoms with van der Waals surface area (Å²) in [5.74, 6) is 3.00. The number of thiophene rings is 1. The van der Waals surface area contributed by atoms with Crippen LogP contribution in [0.5, 0.6) is 5.75 Å². The van der Waals surface area contributed by atoms with Gasteiger partial charge in [-0.1, -0.05) is 49.9 Å². The van der Waals surface area contributed by atoms with Crippen LogP contribution in [0, 0.1) is 37.5 Å². The Kier molecular flexibility index (Phi) is 13.7. The maximum atomic E-state index is 12.6. The number of rotatable bonds is 8. The van der Waals surface area contributed by atoms with Crippen molar-refractivity contribution in [2.24, 2.45) is 21.9 Å². The van der Waals surface area contributed by atoms with E-state index in [2.05, 4.69) is 74.9 Å². The largest absolute Gasteiger partial charge is 0.497 e. The number of fused-ring (bicyclic) bond motifs is 3.